The molecular weight excluding hydrogens is 290 g/mol. The topological polar surface area (TPSA) is 32.6 Å². The minimum atomic E-state index is 0. The Hall–Kier alpha value is -2.09. The average Bonchev–Trinajstić information content (AvgIpc) is 3.17. The molecule has 0 atom stereocenters. The van der Waals surface area contributed by atoms with E-state index >= 15 is 0 Å². The molecule has 0 aliphatic heterocycles. The standard InChI is InChI=1S/C12H10NO.C5H5.Fe/c14-13-12(11-8-4-5-9-11)10-6-2-1-3-7-10;1-2-4-5-3-1;/h1-9,14H;1-5H;/q2*-1;/b13-12-;;. The summed E-state index contributed by atoms with van der Waals surface area (Å²) in [6.45, 7) is 0. The van der Waals surface area contributed by atoms with Gasteiger partial charge in [0.2, 0.25) is 0 Å². The normalized spacial score (nSPS) is 10.1. The molecular formula is C17H15FeNO-2. The zero-order valence-electron chi connectivity index (χ0n) is 10.8. The van der Waals surface area contributed by atoms with Crippen LogP contribution in [0.3, 0.4) is 0 Å². The Morgan fingerprint density at radius 1 is 0.900 bits per heavy atom. The maximum atomic E-state index is 8.94. The van der Waals surface area contributed by atoms with E-state index in [1.807, 2.05) is 84.9 Å². The van der Waals surface area contributed by atoms with Gasteiger partial charge < -0.3 is 5.21 Å². The van der Waals surface area contributed by atoms with E-state index in [1.165, 1.54) is 0 Å². The summed E-state index contributed by atoms with van der Waals surface area (Å²) in [5.74, 6) is 0. The molecule has 0 fully saturated rings. The third-order valence-corrected chi connectivity index (χ3v) is 2.64. The molecule has 0 heterocycles. The third-order valence-electron chi connectivity index (χ3n) is 2.64. The van der Waals surface area contributed by atoms with Gasteiger partial charge in [-0.05, 0) is 0 Å². The monoisotopic (exact) mass is 305 g/mol. The summed E-state index contributed by atoms with van der Waals surface area (Å²) < 4.78 is 0. The van der Waals surface area contributed by atoms with Crippen molar-refractivity contribution in [3.63, 3.8) is 0 Å². The number of oxime groups is 1. The molecule has 0 aromatic heterocycles. The first-order valence-electron chi connectivity index (χ1n) is 6.08. The van der Waals surface area contributed by atoms with Crippen LogP contribution in [0.15, 0.2) is 90.1 Å². The van der Waals surface area contributed by atoms with Crippen molar-refractivity contribution in [3.05, 3.63) is 96.1 Å². The molecule has 2 nitrogen and oxygen atoms in total. The van der Waals surface area contributed by atoms with E-state index < -0.39 is 0 Å². The van der Waals surface area contributed by atoms with Crippen molar-refractivity contribution in [2.45, 2.75) is 0 Å². The molecule has 0 saturated carbocycles. The van der Waals surface area contributed by atoms with Gasteiger partial charge in [-0.15, -0.1) is 17.3 Å². The van der Waals surface area contributed by atoms with Crippen molar-refractivity contribution < 1.29 is 22.3 Å². The van der Waals surface area contributed by atoms with Crippen molar-refractivity contribution >= 4 is 5.71 Å². The number of rotatable bonds is 2. The van der Waals surface area contributed by atoms with Gasteiger partial charge in [-0.1, -0.05) is 41.5 Å². The summed E-state index contributed by atoms with van der Waals surface area (Å²) >= 11 is 0. The second-order valence-corrected chi connectivity index (χ2v) is 3.95. The Morgan fingerprint density at radius 2 is 1.50 bits per heavy atom. The van der Waals surface area contributed by atoms with Gasteiger partial charge in [0, 0.05) is 22.8 Å². The van der Waals surface area contributed by atoms with E-state index in [-0.39, 0.29) is 17.1 Å². The van der Waals surface area contributed by atoms with Crippen LogP contribution in [0.5, 0.6) is 0 Å². The fraction of sp³-hybridized carbons (Fsp3) is 0. The molecule has 0 radical (unpaired) electrons. The summed E-state index contributed by atoms with van der Waals surface area (Å²) in [7, 11) is 0. The van der Waals surface area contributed by atoms with Crippen LogP contribution in [-0.4, -0.2) is 10.9 Å². The number of hydrogen-bond donors (Lipinski definition) is 1. The molecule has 3 aromatic rings. The van der Waals surface area contributed by atoms with E-state index in [0.29, 0.717) is 5.71 Å². The van der Waals surface area contributed by atoms with Gasteiger partial charge in [0.1, 0.15) is 0 Å². The van der Waals surface area contributed by atoms with Crippen LogP contribution in [0.25, 0.3) is 0 Å². The van der Waals surface area contributed by atoms with Crippen LogP contribution in [-0.2, 0) is 17.1 Å². The predicted molar refractivity (Wildman–Crippen MR) is 77.9 cm³/mol. The summed E-state index contributed by atoms with van der Waals surface area (Å²) in [5, 5.41) is 12.3. The Labute approximate surface area is 129 Å². The number of benzene rings is 1. The molecule has 3 heteroatoms. The molecule has 104 valence electrons. The van der Waals surface area contributed by atoms with Crippen LogP contribution in [0.2, 0.25) is 0 Å². The number of hydrogen-bond acceptors (Lipinski definition) is 2. The molecule has 0 amide bonds. The SMILES string of the molecule is O/N=C(/c1ccccc1)[c-]1cccc1.[Fe].c1cc[cH-]c1. The van der Waals surface area contributed by atoms with E-state index in [9.17, 15) is 0 Å². The van der Waals surface area contributed by atoms with Gasteiger partial charge in [0.25, 0.3) is 0 Å². The van der Waals surface area contributed by atoms with E-state index in [4.69, 9.17) is 5.21 Å². The minimum Gasteiger partial charge on any atom is -0.412 e. The summed E-state index contributed by atoms with van der Waals surface area (Å²) in [5.41, 5.74) is 2.45. The predicted octanol–water partition coefficient (Wildman–Crippen LogP) is 4.04. The van der Waals surface area contributed by atoms with Crippen molar-refractivity contribution in [2.75, 3.05) is 0 Å². The Morgan fingerprint density at radius 3 is 1.95 bits per heavy atom. The van der Waals surface area contributed by atoms with E-state index in [2.05, 4.69) is 5.16 Å². The first-order valence-corrected chi connectivity index (χ1v) is 6.08. The van der Waals surface area contributed by atoms with E-state index in [0.717, 1.165) is 11.1 Å². The molecule has 3 rings (SSSR count). The Bertz CT molecular complexity index is 566. The molecule has 0 bridgehead atoms. The molecule has 3 aromatic carbocycles. The fourth-order valence-electron chi connectivity index (χ4n) is 1.73. The molecule has 0 saturated heterocycles. The summed E-state index contributed by atoms with van der Waals surface area (Å²) in [6.07, 6.45) is 0. The van der Waals surface area contributed by atoms with Crippen LogP contribution < -0.4 is 0 Å². The van der Waals surface area contributed by atoms with Crippen LogP contribution in [0.1, 0.15) is 11.1 Å². The first kappa shape index (κ1) is 16.0. The fourth-order valence-corrected chi connectivity index (χ4v) is 1.73. The zero-order valence-corrected chi connectivity index (χ0v) is 11.9. The van der Waals surface area contributed by atoms with Gasteiger partial charge in [-0.3, -0.25) is 0 Å². The Kier molecular flexibility index (Phi) is 7.12. The largest absolute Gasteiger partial charge is 0.412 e. The van der Waals surface area contributed by atoms with Crippen molar-refractivity contribution in [3.8, 4) is 0 Å². The first-order chi connectivity index (χ1) is 9.42. The third kappa shape index (κ3) is 4.54. The van der Waals surface area contributed by atoms with Gasteiger partial charge in [0.15, 0.2) is 0 Å². The van der Waals surface area contributed by atoms with E-state index in [1.54, 1.807) is 0 Å². The smallest absolute Gasteiger partial charge is 0.0353 e. The second-order valence-electron chi connectivity index (χ2n) is 3.95. The molecule has 20 heavy (non-hydrogen) atoms. The van der Waals surface area contributed by atoms with Crippen molar-refractivity contribution in [1.82, 2.24) is 0 Å². The summed E-state index contributed by atoms with van der Waals surface area (Å²) in [6, 6.07) is 27.3. The molecule has 0 spiro atoms. The average molecular weight is 305 g/mol. The summed E-state index contributed by atoms with van der Waals surface area (Å²) in [4.78, 5) is 0. The Balaban J connectivity index is 0.000000283. The van der Waals surface area contributed by atoms with Crippen molar-refractivity contribution in [2.24, 2.45) is 5.16 Å². The maximum Gasteiger partial charge on any atom is 0.0353 e. The van der Waals surface area contributed by atoms with Gasteiger partial charge in [-0.25, -0.2) is 12.1 Å². The van der Waals surface area contributed by atoms with Gasteiger partial charge in [-0.2, -0.15) is 30.3 Å². The quantitative estimate of drug-likeness (QED) is 0.250. The molecule has 0 aliphatic carbocycles. The zero-order chi connectivity index (χ0) is 13.3. The van der Waals surface area contributed by atoms with Gasteiger partial charge >= 0.3 is 0 Å². The maximum absolute atomic E-state index is 8.94. The number of nitrogens with zero attached hydrogens (tertiary/aromatic N) is 1. The molecule has 1 N–H and O–H groups in total. The minimum absolute atomic E-state index is 0. The molecule has 0 aliphatic rings. The van der Waals surface area contributed by atoms with Gasteiger partial charge in [0.05, 0.1) is 0 Å². The van der Waals surface area contributed by atoms with Crippen molar-refractivity contribution in [1.29, 1.82) is 0 Å². The van der Waals surface area contributed by atoms with Crippen LogP contribution in [0.4, 0.5) is 0 Å². The van der Waals surface area contributed by atoms with Crippen LogP contribution >= 0.6 is 0 Å². The second kappa shape index (κ2) is 8.92. The molecule has 0 unspecified atom stereocenters. The van der Waals surface area contributed by atoms with Crippen LogP contribution in [0, 0.1) is 0 Å².